The Morgan fingerprint density at radius 1 is 1.11 bits per heavy atom. The zero-order chi connectivity index (χ0) is 19.6. The highest BCUT2D eigenvalue weighted by Gasteiger charge is 2.37. The summed E-state index contributed by atoms with van der Waals surface area (Å²) in [5.41, 5.74) is 0.147. The van der Waals surface area contributed by atoms with Crippen molar-refractivity contribution in [2.45, 2.75) is 6.92 Å². The number of anilines is 1. The maximum atomic E-state index is 12.4. The molecule has 9 heteroatoms. The number of rotatable bonds is 6. The van der Waals surface area contributed by atoms with Gasteiger partial charge in [0.2, 0.25) is 5.91 Å². The molecule has 3 amide bonds. The number of nitro benzene ring substituents is 1. The van der Waals surface area contributed by atoms with Crippen LogP contribution in [0.5, 0.6) is 5.75 Å². The van der Waals surface area contributed by atoms with Crippen LogP contribution in [0.2, 0.25) is 0 Å². The summed E-state index contributed by atoms with van der Waals surface area (Å²) in [6.45, 7) is 1.88. The van der Waals surface area contributed by atoms with Gasteiger partial charge in [0.25, 0.3) is 17.5 Å². The van der Waals surface area contributed by atoms with Gasteiger partial charge < -0.3 is 10.1 Å². The van der Waals surface area contributed by atoms with Crippen LogP contribution in [0.15, 0.2) is 42.5 Å². The van der Waals surface area contributed by atoms with Crippen LogP contribution in [-0.4, -0.2) is 40.7 Å². The monoisotopic (exact) mass is 369 g/mol. The van der Waals surface area contributed by atoms with Gasteiger partial charge in [-0.1, -0.05) is 0 Å². The Bertz CT molecular complexity index is 939. The third kappa shape index (κ3) is 3.61. The molecule has 1 heterocycles. The van der Waals surface area contributed by atoms with Crippen LogP contribution < -0.4 is 10.1 Å². The number of imide groups is 1. The molecule has 0 aliphatic carbocycles. The summed E-state index contributed by atoms with van der Waals surface area (Å²) in [6, 6.07) is 10.0. The second-order valence-corrected chi connectivity index (χ2v) is 5.69. The fraction of sp³-hybridized carbons (Fsp3) is 0.167. The average molecular weight is 369 g/mol. The summed E-state index contributed by atoms with van der Waals surface area (Å²) in [5.74, 6) is -1.31. The number of benzene rings is 2. The summed E-state index contributed by atoms with van der Waals surface area (Å²) in [4.78, 5) is 47.9. The number of ether oxygens (including phenoxy) is 1. The van der Waals surface area contributed by atoms with Gasteiger partial charge in [0.05, 0.1) is 22.7 Å². The van der Waals surface area contributed by atoms with E-state index in [1.807, 2.05) is 6.92 Å². The van der Waals surface area contributed by atoms with E-state index >= 15 is 0 Å². The Morgan fingerprint density at radius 3 is 2.41 bits per heavy atom. The minimum atomic E-state index is -0.736. The molecule has 0 bridgehead atoms. The summed E-state index contributed by atoms with van der Waals surface area (Å²) >= 11 is 0. The van der Waals surface area contributed by atoms with Crippen LogP contribution in [0.3, 0.4) is 0 Å². The van der Waals surface area contributed by atoms with E-state index in [2.05, 4.69) is 5.32 Å². The van der Waals surface area contributed by atoms with Crippen molar-refractivity contribution >= 4 is 29.1 Å². The van der Waals surface area contributed by atoms with E-state index in [0.717, 1.165) is 17.0 Å². The van der Waals surface area contributed by atoms with E-state index in [-0.39, 0.29) is 16.8 Å². The van der Waals surface area contributed by atoms with E-state index in [9.17, 15) is 24.5 Å². The van der Waals surface area contributed by atoms with Crippen molar-refractivity contribution in [3.63, 3.8) is 0 Å². The van der Waals surface area contributed by atoms with Gasteiger partial charge in [-0.25, -0.2) is 0 Å². The lowest BCUT2D eigenvalue weighted by Crippen LogP contribution is -2.37. The molecule has 0 spiro atoms. The summed E-state index contributed by atoms with van der Waals surface area (Å²) < 4.78 is 5.31. The van der Waals surface area contributed by atoms with E-state index in [0.29, 0.717) is 18.0 Å². The Hall–Kier alpha value is -3.75. The van der Waals surface area contributed by atoms with Gasteiger partial charge >= 0.3 is 0 Å². The zero-order valence-corrected chi connectivity index (χ0v) is 14.3. The lowest BCUT2D eigenvalue weighted by molar-refractivity contribution is -0.384. The van der Waals surface area contributed by atoms with E-state index in [1.165, 1.54) is 6.07 Å². The number of nitrogens with one attached hydrogen (secondary N) is 1. The molecule has 0 saturated carbocycles. The zero-order valence-electron chi connectivity index (χ0n) is 14.3. The molecule has 0 fully saturated rings. The Kier molecular flexibility index (Phi) is 4.84. The molecule has 138 valence electrons. The van der Waals surface area contributed by atoms with Crippen molar-refractivity contribution in [1.29, 1.82) is 0 Å². The third-order valence-electron chi connectivity index (χ3n) is 3.92. The number of non-ortho nitro benzene ring substituents is 1. The number of nitrogens with zero attached hydrogens (tertiary/aromatic N) is 2. The molecular formula is C18H15N3O6. The first-order valence-electron chi connectivity index (χ1n) is 8.08. The van der Waals surface area contributed by atoms with E-state index < -0.39 is 29.2 Å². The number of hydrogen-bond donors (Lipinski definition) is 1. The van der Waals surface area contributed by atoms with Crippen LogP contribution in [0.4, 0.5) is 11.4 Å². The molecule has 3 rings (SSSR count). The largest absolute Gasteiger partial charge is 0.494 e. The Balaban J connectivity index is 1.70. The Labute approximate surface area is 153 Å². The molecule has 0 aromatic heterocycles. The summed E-state index contributed by atoms with van der Waals surface area (Å²) in [5, 5.41) is 13.4. The van der Waals surface area contributed by atoms with E-state index in [1.54, 1.807) is 24.3 Å². The highest BCUT2D eigenvalue weighted by atomic mass is 16.6. The predicted octanol–water partition coefficient (Wildman–Crippen LogP) is 2.23. The number of fused-ring (bicyclic) bond motifs is 1. The maximum absolute atomic E-state index is 12.4. The minimum Gasteiger partial charge on any atom is -0.494 e. The van der Waals surface area contributed by atoms with Crippen molar-refractivity contribution in [2.24, 2.45) is 0 Å². The first-order chi connectivity index (χ1) is 12.9. The third-order valence-corrected chi connectivity index (χ3v) is 3.92. The molecule has 2 aromatic carbocycles. The number of amides is 3. The van der Waals surface area contributed by atoms with Gasteiger partial charge in [-0.05, 0) is 37.3 Å². The van der Waals surface area contributed by atoms with Crippen molar-refractivity contribution in [1.82, 2.24) is 4.90 Å². The van der Waals surface area contributed by atoms with E-state index in [4.69, 9.17) is 4.74 Å². The fourth-order valence-electron chi connectivity index (χ4n) is 2.68. The van der Waals surface area contributed by atoms with Crippen LogP contribution in [0.25, 0.3) is 0 Å². The van der Waals surface area contributed by atoms with Gasteiger partial charge in [-0.2, -0.15) is 0 Å². The van der Waals surface area contributed by atoms with Gasteiger partial charge in [0.1, 0.15) is 12.3 Å². The quantitative estimate of drug-likeness (QED) is 0.474. The molecule has 0 unspecified atom stereocenters. The van der Waals surface area contributed by atoms with Gasteiger partial charge in [-0.3, -0.25) is 29.4 Å². The molecule has 1 aliphatic heterocycles. The van der Waals surface area contributed by atoms with Crippen LogP contribution in [0.1, 0.15) is 27.6 Å². The molecular weight excluding hydrogens is 354 g/mol. The van der Waals surface area contributed by atoms with Gasteiger partial charge in [-0.15, -0.1) is 0 Å². The Morgan fingerprint density at radius 2 is 1.78 bits per heavy atom. The molecule has 0 saturated heterocycles. The first kappa shape index (κ1) is 18.1. The average Bonchev–Trinajstić information content (AvgIpc) is 2.88. The van der Waals surface area contributed by atoms with Crippen molar-refractivity contribution in [3.8, 4) is 5.75 Å². The summed E-state index contributed by atoms with van der Waals surface area (Å²) in [6.07, 6.45) is 0. The van der Waals surface area contributed by atoms with Crippen molar-refractivity contribution < 1.29 is 24.0 Å². The normalized spacial score (nSPS) is 12.7. The molecule has 0 atom stereocenters. The fourth-order valence-corrected chi connectivity index (χ4v) is 2.68. The van der Waals surface area contributed by atoms with Gasteiger partial charge in [0, 0.05) is 17.8 Å². The number of hydrogen-bond acceptors (Lipinski definition) is 6. The second kappa shape index (κ2) is 7.24. The lowest BCUT2D eigenvalue weighted by Gasteiger charge is -2.13. The SMILES string of the molecule is CCOc1ccc(NC(=O)CN2C(=O)c3ccc([N+](=O)[O-])cc3C2=O)cc1. The molecule has 1 N–H and O–H groups in total. The number of carbonyl (C=O) groups excluding carboxylic acids is 3. The maximum Gasteiger partial charge on any atom is 0.270 e. The molecule has 0 radical (unpaired) electrons. The standard InChI is InChI=1S/C18H15N3O6/c1-2-27-13-6-3-11(4-7-13)19-16(22)10-20-17(23)14-8-5-12(21(25)26)9-15(14)18(20)24/h3-9H,2,10H2,1H3,(H,19,22). The minimum absolute atomic E-state index is 0.0412. The van der Waals surface area contributed by atoms with Gasteiger partial charge in [0.15, 0.2) is 0 Å². The molecule has 27 heavy (non-hydrogen) atoms. The molecule has 1 aliphatic rings. The lowest BCUT2D eigenvalue weighted by atomic mass is 10.1. The van der Waals surface area contributed by atoms with Crippen LogP contribution in [0, 0.1) is 10.1 Å². The highest BCUT2D eigenvalue weighted by molar-refractivity contribution is 6.23. The smallest absolute Gasteiger partial charge is 0.270 e. The number of carbonyl (C=O) groups is 3. The summed E-state index contributed by atoms with van der Waals surface area (Å²) in [7, 11) is 0. The highest BCUT2D eigenvalue weighted by Crippen LogP contribution is 2.26. The second-order valence-electron chi connectivity index (χ2n) is 5.69. The molecule has 2 aromatic rings. The topological polar surface area (TPSA) is 119 Å². The van der Waals surface area contributed by atoms with Crippen LogP contribution in [-0.2, 0) is 4.79 Å². The van der Waals surface area contributed by atoms with Crippen LogP contribution >= 0.6 is 0 Å². The molecule has 9 nitrogen and oxygen atoms in total. The first-order valence-corrected chi connectivity index (χ1v) is 8.08. The van der Waals surface area contributed by atoms with Crippen molar-refractivity contribution in [3.05, 3.63) is 63.7 Å². The van der Waals surface area contributed by atoms with Crippen molar-refractivity contribution in [2.75, 3.05) is 18.5 Å². The number of nitro groups is 1. The predicted molar refractivity (Wildman–Crippen MR) is 94.7 cm³/mol.